The Balaban J connectivity index is 0.00000252. The van der Waals surface area contributed by atoms with Crippen LogP contribution in [-0.4, -0.2) is 52.0 Å². The summed E-state index contributed by atoms with van der Waals surface area (Å²) in [5, 5.41) is 21.6. The van der Waals surface area contributed by atoms with Gasteiger partial charge in [0.15, 0.2) is 0 Å². The maximum atomic E-state index is 14.0. The summed E-state index contributed by atoms with van der Waals surface area (Å²) in [6.45, 7) is 14.9. The smallest absolute Gasteiger partial charge is 0.334 e. The lowest BCUT2D eigenvalue weighted by atomic mass is 9.47. The molecular weight excluding hydrogens is 472 g/mol. The van der Waals surface area contributed by atoms with Crippen LogP contribution >= 0.6 is 0 Å². The highest BCUT2D eigenvalue weighted by molar-refractivity contribution is 5.91. The average Bonchev–Trinajstić information content (AvgIpc) is 3.41. The van der Waals surface area contributed by atoms with Gasteiger partial charge in [0.25, 0.3) is 0 Å². The van der Waals surface area contributed by atoms with Gasteiger partial charge in [-0.2, -0.15) is 0 Å². The van der Waals surface area contributed by atoms with Crippen LogP contribution in [0.3, 0.4) is 0 Å². The first-order chi connectivity index (χ1) is 16.9. The van der Waals surface area contributed by atoms with Gasteiger partial charge in [0.2, 0.25) is 0 Å². The summed E-state index contributed by atoms with van der Waals surface area (Å²) in [6.07, 6.45) is 3.22. The second kappa shape index (κ2) is 7.57. The Morgan fingerprint density at radius 1 is 0.973 bits per heavy atom. The van der Waals surface area contributed by atoms with Crippen molar-refractivity contribution in [2.45, 2.75) is 90.1 Å². The molecule has 202 valence electrons. The zero-order chi connectivity index (χ0) is 25.5. The summed E-state index contributed by atoms with van der Waals surface area (Å²) in [6, 6.07) is 0. The van der Waals surface area contributed by atoms with Crippen molar-refractivity contribution in [3.63, 3.8) is 0 Å². The Labute approximate surface area is 218 Å². The predicted octanol–water partition coefficient (Wildman–Crippen LogP) is 3.04. The minimum absolute atomic E-state index is 0. The number of aliphatic hydroxyl groups excluding tert-OH is 2. The lowest BCUT2D eigenvalue weighted by Gasteiger charge is -2.56. The summed E-state index contributed by atoms with van der Waals surface area (Å²) < 4.78 is 12.0. The molecule has 4 N–H and O–H groups in total. The summed E-state index contributed by atoms with van der Waals surface area (Å²) in [7, 11) is 0. The first-order valence-corrected chi connectivity index (χ1v) is 13.8. The molecule has 12 atom stereocenters. The fourth-order valence-corrected chi connectivity index (χ4v) is 10.5. The van der Waals surface area contributed by atoms with Gasteiger partial charge < -0.3 is 25.2 Å². The molecule has 3 saturated carbocycles. The minimum atomic E-state index is -0.709. The van der Waals surface area contributed by atoms with E-state index >= 15 is 0 Å². The van der Waals surface area contributed by atoms with E-state index in [1.54, 1.807) is 0 Å². The molecule has 5 aliphatic carbocycles. The van der Waals surface area contributed by atoms with Gasteiger partial charge in [-0.25, -0.2) is 4.79 Å². The van der Waals surface area contributed by atoms with Crippen LogP contribution in [0.5, 0.6) is 0 Å². The van der Waals surface area contributed by atoms with E-state index in [0.717, 1.165) is 31.3 Å². The maximum Gasteiger partial charge on any atom is 0.334 e. The van der Waals surface area contributed by atoms with E-state index in [9.17, 15) is 19.8 Å². The van der Waals surface area contributed by atoms with E-state index in [4.69, 9.17) is 9.47 Å². The van der Waals surface area contributed by atoms with E-state index in [1.807, 2.05) is 0 Å². The fourth-order valence-electron chi connectivity index (χ4n) is 10.5. The average molecular weight is 513 g/mol. The normalized spacial score (nSPS) is 53.7. The highest BCUT2D eigenvalue weighted by Crippen LogP contribution is 2.76. The van der Waals surface area contributed by atoms with Crippen LogP contribution in [0.25, 0.3) is 0 Å². The number of fused-ring (bicyclic) bond motifs is 9. The molecule has 2 heterocycles. The third kappa shape index (κ3) is 2.78. The second-order valence-electron chi connectivity index (χ2n) is 13.6. The first kappa shape index (κ1) is 25.3. The van der Waals surface area contributed by atoms with E-state index < -0.39 is 23.0 Å². The summed E-state index contributed by atoms with van der Waals surface area (Å²) >= 11 is 0. The van der Waals surface area contributed by atoms with Crippen LogP contribution in [0.4, 0.5) is 0 Å². The predicted molar refractivity (Wildman–Crippen MR) is 135 cm³/mol. The van der Waals surface area contributed by atoms with Crippen molar-refractivity contribution in [1.82, 2.24) is 0 Å². The topological polar surface area (TPSA) is 125 Å². The van der Waals surface area contributed by atoms with E-state index in [1.165, 1.54) is 11.1 Å². The summed E-state index contributed by atoms with van der Waals surface area (Å²) in [5.41, 5.74) is 2.82. The molecule has 0 radical (unpaired) electrons. The lowest BCUT2D eigenvalue weighted by molar-refractivity contribution is -0.154. The second-order valence-corrected chi connectivity index (χ2v) is 13.6. The highest BCUT2D eigenvalue weighted by Gasteiger charge is 2.76. The third-order valence-corrected chi connectivity index (χ3v) is 12.3. The van der Waals surface area contributed by atoms with E-state index in [0.29, 0.717) is 36.7 Å². The molecule has 2 saturated heterocycles. The van der Waals surface area contributed by atoms with Gasteiger partial charge in [-0.05, 0) is 61.9 Å². The molecule has 7 heteroatoms. The molecule has 0 unspecified atom stereocenters. The van der Waals surface area contributed by atoms with Crippen LogP contribution in [0, 0.1) is 45.8 Å². The molecule has 2 bridgehead atoms. The third-order valence-electron chi connectivity index (χ3n) is 12.3. The van der Waals surface area contributed by atoms with Gasteiger partial charge in [-0.15, -0.1) is 0 Å². The number of hydrogen-bond donors (Lipinski definition) is 2. The zero-order valence-electron chi connectivity index (χ0n) is 22.1. The quantitative estimate of drug-likeness (QED) is 0.292. The van der Waals surface area contributed by atoms with Crippen molar-refractivity contribution in [2.75, 3.05) is 0 Å². The Morgan fingerprint density at radius 2 is 1.70 bits per heavy atom. The van der Waals surface area contributed by atoms with Crippen LogP contribution in [0.15, 0.2) is 35.5 Å². The Bertz CT molecular complexity index is 1150. The molecular formula is C30H40O7. The molecule has 1 spiro atoms. The molecule has 0 aromatic carbocycles. The van der Waals surface area contributed by atoms with Crippen molar-refractivity contribution in [3.05, 3.63) is 35.5 Å². The maximum absolute atomic E-state index is 14.0. The SMILES string of the molecule is C=C1C(=O)O[C@H]2C[C@@H](C)C3=C(C[C@H]12)[C@]1(C)C[C@H]3C[C@@]12C(=O)O[C@@H]1C[C@@]3(C)[C@@H](O)C[C@@H](O)C(=C)[C@@H]3C[C@@H]12.O. The van der Waals surface area contributed by atoms with E-state index in [-0.39, 0.29) is 52.8 Å². The number of rotatable bonds is 0. The molecule has 2 aliphatic heterocycles. The number of allylic oxidation sites excluding steroid dienone is 2. The van der Waals surface area contributed by atoms with Gasteiger partial charge in [0.05, 0.1) is 17.6 Å². The molecule has 0 aromatic heterocycles. The van der Waals surface area contributed by atoms with Gasteiger partial charge in [-0.3, -0.25) is 4.79 Å². The molecule has 7 rings (SSSR count). The molecule has 7 nitrogen and oxygen atoms in total. The standard InChI is InChI=1S/C30H38O6.H2O/c1-13-6-22-17(14(2)26(33)35-22)7-20-25(13)16-10-29(20,5)30(11-16)19-8-18-15(3)21(31)9-24(32)28(18,4)12-23(19)36-27(30)34;/h13,16-19,21-24,31-32H,2-3,6-12H2,1,4-5H3;1H2/t13-,16+,17-,18+,19+,21-,22+,23-,24+,28-,29+,30-;/m1./s1. The van der Waals surface area contributed by atoms with Crippen molar-refractivity contribution in [1.29, 1.82) is 0 Å². The summed E-state index contributed by atoms with van der Waals surface area (Å²) in [4.78, 5) is 26.4. The number of aliphatic hydroxyl groups is 2. The van der Waals surface area contributed by atoms with Crippen molar-refractivity contribution < 1.29 is 34.8 Å². The van der Waals surface area contributed by atoms with Gasteiger partial charge >= 0.3 is 11.9 Å². The number of ether oxygens (including phenoxy) is 2. The Hall–Kier alpha value is -1.96. The molecule has 5 fully saturated rings. The summed E-state index contributed by atoms with van der Waals surface area (Å²) in [5.74, 6) is 0.259. The van der Waals surface area contributed by atoms with Gasteiger partial charge in [0.1, 0.15) is 12.2 Å². The Morgan fingerprint density at radius 3 is 2.43 bits per heavy atom. The van der Waals surface area contributed by atoms with Gasteiger partial charge in [0, 0.05) is 34.7 Å². The highest BCUT2D eigenvalue weighted by atomic mass is 16.6. The fraction of sp³-hybridized carbons (Fsp3) is 0.733. The lowest BCUT2D eigenvalue weighted by Crippen LogP contribution is -2.57. The molecule has 0 aromatic rings. The zero-order valence-corrected chi connectivity index (χ0v) is 22.1. The molecule has 7 aliphatic rings. The number of carbonyl (C=O) groups is 2. The number of carbonyl (C=O) groups excluding carboxylic acids is 2. The minimum Gasteiger partial charge on any atom is -0.462 e. The largest absolute Gasteiger partial charge is 0.462 e. The van der Waals surface area contributed by atoms with Crippen LogP contribution < -0.4 is 0 Å². The van der Waals surface area contributed by atoms with E-state index in [2.05, 4.69) is 33.9 Å². The van der Waals surface area contributed by atoms with Crippen molar-refractivity contribution in [3.8, 4) is 0 Å². The number of hydrogen-bond acceptors (Lipinski definition) is 6. The van der Waals surface area contributed by atoms with Crippen LogP contribution in [-0.2, 0) is 19.1 Å². The van der Waals surface area contributed by atoms with Crippen LogP contribution in [0.1, 0.15) is 65.7 Å². The number of esters is 2. The van der Waals surface area contributed by atoms with Crippen molar-refractivity contribution >= 4 is 11.9 Å². The molecule has 0 amide bonds. The van der Waals surface area contributed by atoms with Crippen molar-refractivity contribution in [2.24, 2.45) is 45.8 Å². The monoisotopic (exact) mass is 512 g/mol. The van der Waals surface area contributed by atoms with Crippen LogP contribution in [0.2, 0.25) is 0 Å². The molecule has 37 heavy (non-hydrogen) atoms. The first-order valence-electron chi connectivity index (χ1n) is 13.8. The Kier molecular flexibility index (Phi) is 5.18. The van der Waals surface area contributed by atoms with Gasteiger partial charge in [-0.1, -0.05) is 45.1 Å².